The van der Waals surface area contributed by atoms with E-state index in [1.807, 2.05) is 48.9 Å². The maximum absolute atomic E-state index is 13.9. The predicted octanol–water partition coefficient (Wildman–Crippen LogP) is 4.06. The second-order valence-corrected chi connectivity index (χ2v) is 12.4. The van der Waals surface area contributed by atoms with Crippen LogP contribution in [0.1, 0.15) is 24.2 Å². The highest BCUT2D eigenvalue weighted by Gasteiger charge is 2.42. The van der Waals surface area contributed by atoms with Gasteiger partial charge >= 0.3 is 0 Å². The molecule has 8 nitrogen and oxygen atoms in total. The van der Waals surface area contributed by atoms with Gasteiger partial charge in [0.1, 0.15) is 10.3 Å². The van der Waals surface area contributed by atoms with Crippen LogP contribution in [-0.2, 0) is 21.4 Å². The maximum atomic E-state index is 13.9. The molecule has 3 aromatic heterocycles. The molecule has 4 heterocycles. The standard InChI is InChI=1S/C23H25N5O3S3/c1-16-15-17(2)27(25-16)13-12-26(23-24-18-7-3-4-9-20(18)33-23)22(29)19-8-5-11-28(19)34(30,31)21-10-6-14-32-21/h3-4,6-7,9-10,14-15,19H,5,8,11-13H2,1-2H3. The number of para-hydroxylation sites is 1. The van der Waals surface area contributed by atoms with Crippen LogP contribution in [0.2, 0.25) is 0 Å². The van der Waals surface area contributed by atoms with Crippen molar-refractivity contribution in [2.75, 3.05) is 18.0 Å². The van der Waals surface area contributed by atoms with Gasteiger partial charge in [-0.15, -0.1) is 11.3 Å². The molecular weight excluding hydrogens is 490 g/mol. The van der Waals surface area contributed by atoms with Crippen molar-refractivity contribution in [3.63, 3.8) is 0 Å². The molecule has 1 atom stereocenters. The summed E-state index contributed by atoms with van der Waals surface area (Å²) in [5, 5.41) is 6.83. The Bertz CT molecular complexity index is 1390. The molecule has 1 amide bonds. The first-order valence-electron chi connectivity index (χ1n) is 11.1. The Hall–Kier alpha value is -2.60. The van der Waals surface area contributed by atoms with Crippen molar-refractivity contribution in [1.82, 2.24) is 19.1 Å². The molecule has 11 heteroatoms. The quantitative estimate of drug-likeness (QED) is 0.370. The average Bonchev–Trinajstić information content (AvgIpc) is 3.60. The summed E-state index contributed by atoms with van der Waals surface area (Å²) in [6.45, 7) is 5.10. The summed E-state index contributed by atoms with van der Waals surface area (Å²) in [6.07, 6.45) is 1.14. The smallest absolute Gasteiger partial charge is 0.253 e. The zero-order valence-corrected chi connectivity index (χ0v) is 21.4. The predicted molar refractivity (Wildman–Crippen MR) is 135 cm³/mol. The van der Waals surface area contributed by atoms with Gasteiger partial charge in [0.15, 0.2) is 5.13 Å². The molecule has 34 heavy (non-hydrogen) atoms. The number of rotatable bonds is 7. The van der Waals surface area contributed by atoms with Gasteiger partial charge in [0.2, 0.25) is 5.91 Å². The van der Waals surface area contributed by atoms with E-state index in [0.29, 0.717) is 37.6 Å². The van der Waals surface area contributed by atoms with Crippen LogP contribution in [0, 0.1) is 13.8 Å². The van der Waals surface area contributed by atoms with E-state index >= 15 is 0 Å². The van der Waals surface area contributed by atoms with Gasteiger partial charge in [0, 0.05) is 18.8 Å². The normalized spacial score (nSPS) is 16.9. The van der Waals surface area contributed by atoms with E-state index in [2.05, 4.69) is 5.10 Å². The van der Waals surface area contributed by atoms with Crippen LogP contribution < -0.4 is 4.90 Å². The zero-order valence-electron chi connectivity index (χ0n) is 18.9. The minimum Gasteiger partial charge on any atom is -0.285 e. The van der Waals surface area contributed by atoms with Crippen LogP contribution in [-0.4, -0.2) is 52.5 Å². The van der Waals surface area contributed by atoms with Gasteiger partial charge in [0.25, 0.3) is 10.0 Å². The largest absolute Gasteiger partial charge is 0.285 e. The lowest BCUT2D eigenvalue weighted by atomic mass is 10.2. The summed E-state index contributed by atoms with van der Waals surface area (Å²) in [6, 6.07) is 12.3. The summed E-state index contributed by atoms with van der Waals surface area (Å²) in [7, 11) is -3.73. The van der Waals surface area contributed by atoms with Gasteiger partial charge in [-0.2, -0.15) is 9.40 Å². The fraction of sp³-hybridized carbons (Fsp3) is 0.348. The number of fused-ring (bicyclic) bond motifs is 1. The third-order valence-corrected chi connectivity index (χ3v) is 10.3. The van der Waals surface area contributed by atoms with Crippen molar-refractivity contribution in [1.29, 1.82) is 0 Å². The molecular formula is C23H25N5O3S3. The summed E-state index contributed by atoms with van der Waals surface area (Å²) < 4.78 is 31.0. The van der Waals surface area contributed by atoms with Crippen molar-refractivity contribution >= 4 is 54.0 Å². The van der Waals surface area contributed by atoms with Crippen LogP contribution in [0.5, 0.6) is 0 Å². The van der Waals surface area contributed by atoms with E-state index in [0.717, 1.165) is 21.6 Å². The van der Waals surface area contributed by atoms with Crippen LogP contribution in [0.4, 0.5) is 5.13 Å². The summed E-state index contributed by atoms with van der Waals surface area (Å²) in [5.74, 6) is -0.238. The molecule has 0 N–H and O–H groups in total. The highest BCUT2D eigenvalue weighted by molar-refractivity contribution is 7.91. The van der Waals surface area contributed by atoms with E-state index in [1.165, 1.54) is 27.0 Å². The Morgan fingerprint density at radius 2 is 2.03 bits per heavy atom. The molecule has 1 aliphatic rings. The second kappa shape index (κ2) is 9.21. The number of aryl methyl sites for hydroxylation is 2. The number of nitrogens with zero attached hydrogens (tertiary/aromatic N) is 5. The Morgan fingerprint density at radius 3 is 2.74 bits per heavy atom. The van der Waals surface area contributed by atoms with Crippen molar-refractivity contribution in [3.8, 4) is 0 Å². The van der Waals surface area contributed by atoms with Gasteiger partial charge in [-0.05, 0) is 56.3 Å². The van der Waals surface area contributed by atoms with Gasteiger partial charge in [-0.25, -0.2) is 13.4 Å². The molecule has 0 saturated carbocycles. The fourth-order valence-corrected chi connectivity index (χ4v) is 8.12. The Labute approximate surface area is 206 Å². The van der Waals surface area contributed by atoms with Crippen molar-refractivity contribution in [2.45, 2.75) is 43.5 Å². The maximum Gasteiger partial charge on any atom is 0.253 e. The molecule has 1 aliphatic heterocycles. The van der Waals surface area contributed by atoms with Gasteiger partial charge in [-0.1, -0.05) is 29.5 Å². The molecule has 0 bridgehead atoms. The molecule has 178 valence electrons. The number of benzene rings is 1. The summed E-state index contributed by atoms with van der Waals surface area (Å²) in [5.41, 5.74) is 2.75. The Morgan fingerprint density at radius 1 is 1.21 bits per heavy atom. The first-order valence-corrected chi connectivity index (χ1v) is 14.2. The number of hydrogen-bond donors (Lipinski definition) is 0. The Balaban J connectivity index is 1.48. The lowest BCUT2D eigenvalue weighted by molar-refractivity contribution is -0.121. The summed E-state index contributed by atoms with van der Waals surface area (Å²) >= 11 is 2.62. The zero-order chi connectivity index (χ0) is 23.9. The van der Waals surface area contributed by atoms with Crippen molar-refractivity contribution in [2.24, 2.45) is 0 Å². The first kappa shape index (κ1) is 23.2. The van der Waals surface area contributed by atoms with Crippen molar-refractivity contribution < 1.29 is 13.2 Å². The van der Waals surface area contributed by atoms with Crippen molar-refractivity contribution in [3.05, 3.63) is 59.2 Å². The molecule has 1 saturated heterocycles. The number of carbonyl (C=O) groups excluding carboxylic acids is 1. The minimum atomic E-state index is -3.73. The second-order valence-electron chi connectivity index (χ2n) is 8.31. The molecule has 0 aliphatic carbocycles. The molecule has 4 aromatic rings. The van der Waals surface area contributed by atoms with Crippen LogP contribution in [0.15, 0.2) is 52.1 Å². The number of thiophene rings is 1. The van der Waals surface area contributed by atoms with E-state index < -0.39 is 16.1 Å². The molecule has 0 spiro atoms. The molecule has 1 fully saturated rings. The van der Waals surface area contributed by atoms with E-state index in [9.17, 15) is 13.2 Å². The number of amides is 1. The van der Waals surface area contributed by atoms with Gasteiger partial charge in [-0.3, -0.25) is 14.4 Å². The SMILES string of the molecule is Cc1cc(C)n(CCN(C(=O)C2CCCN2S(=O)(=O)c2cccs2)c2nc3ccccc3s2)n1. The lowest BCUT2D eigenvalue weighted by Crippen LogP contribution is -2.48. The van der Waals surface area contributed by atoms with Gasteiger partial charge < -0.3 is 0 Å². The number of sulfonamides is 1. The molecule has 1 unspecified atom stereocenters. The van der Waals surface area contributed by atoms with E-state index in [4.69, 9.17) is 4.98 Å². The molecule has 5 rings (SSSR count). The minimum absolute atomic E-state index is 0.238. The third kappa shape index (κ3) is 4.28. The van der Waals surface area contributed by atoms with Crippen LogP contribution in [0.25, 0.3) is 10.2 Å². The van der Waals surface area contributed by atoms with Crippen LogP contribution >= 0.6 is 22.7 Å². The lowest BCUT2D eigenvalue weighted by Gasteiger charge is -2.28. The number of thiazole rings is 1. The van der Waals surface area contributed by atoms with E-state index in [-0.39, 0.29) is 10.1 Å². The fourth-order valence-electron chi connectivity index (χ4n) is 4.35. The molecule has 1 aromatic carbocycles. The highest BCUT2D eigenvalue weighted by Crippen LogP contribution is 2.33. The number of aromatic nitrogens is 3. The molecule has 0 radical (unpaired) electrons. The average molecular weight is 516 g/mol. The van der Waals surface area contributed by atoms with Gasteiger partial charge in [0.05, 0.1) is 22.5 Å². The first-order chi connectivity index (χ1) is 16.3. The Kier molecular flexibility index (Phi) is 6.28. The monoisotopic (exact) mass is 515 g/mol. The topological polar surface area (TPSA) is 88.4 Å². The van der Waals surface area contributed by atoms with Crippen LogP contribution in [0.3, 0.4) is 0 Å². The number of carbonyl (C=O) groups is 1. The summed E-state index contributed by atoms with van der Waals surface area (Å²) in [4.78, 5) is 20.3. The third-order valence-electron chi connectivity index (χ3n) is 5.97. The van der Waals surface area contributed by atoms with E-state index in [1.54, 1.807) is 22.4 Å². The highest BCUT2D eigenvalue weighted by atomic mass is 32.2. The number of anilines is 1. The number of hydrogen-bond acceptors (Lipinski definition) is 7.